The van der Waals surface area contributed by atoms with Crippen molar-refractivity contribution in [2.75, 3.05) is 6.26 Å². The molecule has 2 aromatic carbocycles. The van der Waals surface area contributed by atoms with Crippen LogP contribution in [-0.4, -0.2) is 32.3 Å². The van der Waals surface area contributed by atoms with E-state index in [2.05, 4.69) is 14.7 Å². The topological polar surface area (TPSA) is 60.2 Å². The number of thioether (sulfide) groups is 1. The van der Waals surface area contributed by atoms with Crippen molar-refractivity contribution in [3.8, 4) is 16.9 Å². The maximum atomic E-state index is 12.8. The van der Waals surface area contributed by atoms with E-state index < -0.39 is 6.36 Å². The molecule has 0 bridgehead atoms. The molecular formula is C22H17ClF3N3O2S. The summed E-state index contributed by atoms with van der Waals surface area (Å²) in [6.45, 7) is -0.112. The predicted molar refractivity (Wildman–Crippen MR) is 118 cm³/mol. The first-order valence-electron chi connectivity index (χ1n) is 9.42. The Balaban J connectivity index is 1.95. The van der Waals surface area contributed by atoms with Crippen molar-refractivity contribution in [1.29, 1.82) is 0 Å². The van der Waals surface area contributed by atoms with E-state index in [1.807, 2.05) is 18.4 Å². The average Bonchev–Trinajstić information content (AvgIpc) is 3.07. The number of halogens is 4. The molecule has 5 nitrogen and oxygen atoms in total. The van der Waals surface area contributed by atoms with E-state index in [4.69, 9.17) is 11.6 Å². The minimum atomic E-state index is -4.82. The number of fused-ring (bicyclic) bond motifs is 1. The van der Waals surface area contributed by atoms with Crippen LogP contribution in [0.5, 0.6) is 5.75 Å². The van der Waals surface area contributed by atoms with Gasteiger partial charge in [-0.05, 0) is 30.0 Å². The van der Waals surface area contributed by atoms with Gasteiger partial charge in [-0.15, -0.1) is 13.2 Å². The molecule has 0 amide bonds. The van der Waals surface area contributed by atoms with Crippen LogP contribution >= 0.6 is 23.4 Å². The second-order valence-corrected chi connectivity index (χ2v) is 8.02. The molecule has 0 radical (unpaired) electrons. The van der Waals surface area contributed by atoms with E-state index in [-0.39, 0.29) is 18.9 Å². The Morgan fingerprint density at radius 2 is 1.84 bits per heavy atom. The first-order valence-corrected chi connectivity index (χ1v) is 11.0. The van der Waals surface area contributed by atoms with E-state index in [9.17, 15) is 18.3 Å². The standard InChI is InChI=1S/C22H17ClF3N3O2S/c1-32-21-27-9-14(10-28-21)20-16-7-6-15(31-22(24,25)26)8-18(16)29(19(20)12-30)11-13-4-2-3-5-17(13)23/h2-10,30H,11-12H2,1H3. The van der Waals surface area contributed by atoms with Crippen LogP contribution < -0.4 is 4.74 Å². The highest BCUT2D eigenvalue weighted by atomic mass is 35.5. The van der Waals surface area contributed by atoms with Crippen LogP contribution in [0.25, 0.3) is 22.0 Å². The van der Waals surface area contributed by atoms with Gasteiger partial charge in [0.1, 0.15) is 5.75 Å². The molecule has 0 saturated heterocycles. The van der Waals surface area contributed by atoms with Crippen molar-refractivity contribution < 1.29 is 23.0 Å². The Labute approximate surface area is 190 Å². The summed E-state index contributed by atoms with van der Waals surface area (Å²) in [7, 11) is 0. The van der Waals surface area contributed by atoms with Gasteiger partial charge in [-0.3, -0.25) is 0 Å². The van der Waals surface area contributed by atoms with Gasteiger partial charge in [0.15, 0.2) is 5.16 Å². The van der Waals surface area contributed by atoms with Crippen molar-refractivity contribution >= 4 is 34.3 Å². The van der Waals surface area contributed by atoms with Crippen molar-refractivity contribution in [2.24, 2.45) is 0 Å². The molecule has 4 rings (SSSR count). The lowest BCUT2D eigenvalue weighted by atomic mass is 10.0. The fourth-order valence-electron chi connectivity index (χ4n) is 3.59. The third-order valence-corrected chi connectivity index (χ3v) is 5.86. The molecule has 2 heterocycles. The number of hydrogen-bond donors (Lipinski definition) is 1. The molecule has 0 spiro atoms. The first-order chi connectivity index (χ1) is 15.3. The molecule has 0 atom stereocenters. The van der Waals surface area contributed by atoms with E-state index >= 15 is 0 Å². The number of aliphatic hydroxyl groups is 1. The largest absolute Gasteiger partial charge is 0.573 e. The van der Waals surface area contributed by atoms with Gasteiger partial charge >= 0.3 is 6.36 Å². The van der Waals surface area contributed by atoms with Crippen LogP contribution in [0.1, 0.15) is 11.3 Å². The molecular weight excluding hydrogens is 463 g/mol. The summed E-state index contributed by atoms with van der Waals surface area (Å²) in [5, 5.41) is 12.0. The van der Waals surface area contributed by atoms with E-state index in [0.717, 1.165) is 5.56 Å². The number of ether oxygens (including phenoxy) is 1. The van der Waals surface area contributed by atoms with Crippen molar-refractivity contribution in [2.45, 2.75) is 24.7 Å². The summed E-state index contributed by atoms with van der Waals surface area (Å²) in [5.41, 5.74) is 2.99. The lowest BCUT2D eigenvalue weighted by molar-refractivity contribution is -0.274. The van der Waals surface area contributed by atoms with E-state index in [0.29, 0.717) is 37.9 Å². The molecule has 166 valence electrons. The maximum absolute atomic E-state index is 12.8. The Bertz CT molecular complexity index is 1260. The van der Waals surface area contributed by atoms with Crippen molar-refractivity contribution in [3.05, 3.63) is 71.1 Å². The van der Waals surface area contributed by atoms with Crippen LogP contribution in [0.2, 0.25) is 5.02 Å². The molecule has 1 N–H and O–H groups in total. The molecule has 10 heteroatoms. The Morgan fingerprint density at radius 3 is 2.47 bits per heavy atom. The lowest BCUT2D eigenvalue weighted by Crippen LogP contribution is -2.17. The second-order valence-electron chi connectivity index (χ2n) is 6.84. The SMILES string of the molecule is CSc1ncc(-c2c(CO)n(Cc3ccccc3Cl)c3cc(OC(F)(F)F)ccc23)cn1. The molecule has 2 aromatic heterocycles. The quantitative estimate of drug-likeness (QED) is 0.275. The number of aliphatic hydroxyl groups excluding tert-OH is 1. The molecule has 0 unspecified atom stereocenters. The average molecular weight is 480 g/mol. The third-order valence-electron chi connectivity index (χ3n) is 4.91. The Morgan fingerprint density at radius 1 is 1.12 bits per heavy atom. The van der Waals surface area contributed by atoms with Gasteiger partial charge in [-0.25, -0.2) is 9.97 Å². The van der Waals surface area contributed by atoms with Crippen LogP contribution in [0.15, 0.2) is 60.0 Å². The highest BCUT2D eigenvalue weighted by Gasteiger charge is 2.31. The highest BCUT2D eigenvalue weighted by Crippen LogP contribution is 2.38. The van der Waals surface area contributed by atoms with Crippen LogP contribution in [-0.2, 0) is 13.2 Å². The molecule has 0 saturated carbocycles. The number of aromatic nitrogens is 3. The number of nitrogens with zero attached hydrogens (tertiary/aromatic N) is 3. The minimum Gasteiger partial charge on any atom is -0.406 e. The molecule has 0 aliphatic rings. The summed E-state index contributed by atoms with van der Waals surface area (Å²) in [6, 6.07) is 11.3. The summed E-state index contributed by atoms with van der Waals surface area (Å²) >= 11 is 7.71. The van der Waals surface area contributed by atoms with E-state index in [1.54, 1.807) is 29.1 Å². The molecule has 0 aliphatic heterocycles. The van der Waals surface area contributed by atoms with Crippen LogP contribution in [0, 0.1) is 0 Å². The fraction of sp³-hybridized carbons (Fsp3) is 0.182. The fourth-order valence-corrected chi connectivity index (χ4v) is 4.11. The van der Waals surface area contributed by atoms with Crippen molar-refractivity contribution in [1.82, 2.24) is 14.5 Å². The monoisotopic (exact) mass is 479 g/mol. The van der Waals surface area contributed by atoms with Gasteiger partial charge < -0.3 is 14.4 Å². The van der Waals surface area contributed by atoms with Crippen molar-refractivity contribution in [3.63, 3.8) is 0 Å². The zero-order chi connectivity index (χ0) is 22.9. The Kier molecular flexibility index (Phi) is 6.32. The normalized spacial score (nSPS) is 11.8. The number of hydrogen-bond acceptors (Lipinski definition) is 5. The van der Waals surface area contributed by atoms with Gasteiger partial charge in [0.25, 0.3) is 0 Å². The van der Waals surface area contributed by atoms with E-state index in [1.165, 1.54) is 30.0 Å². The molecule has 4 aromatic rings. The van der Waals surface area contributed by atoms with Gasteiger partial charge in [-0.2, -0.15) is 0 Å². The number of alkyl halides is 3. The predicted octanol–water partition coefficient (Wildman–Crippen LogP) is 5.91. The zero-order valence-electron chi connectivity index (χ0n) is 16.7. The van der Waals surface area contributed by atoms with Gasteiger partial charge in [0.05, 0.1) is 17.8 Å². The lowest BCUT2D eigenvalue weighted by Gasteiger charge is -2.13. The van der Waals surface area contributed by atoms with Gasteiger partial charge in [0.2, 0.25) is 0 Å². The Hall–Kier alpha value is -2.75. The highest BCUT2D eigenvalue weighted by molar-refractivity contribution is 7.98. The third kappa shape index (κ3) is 4.55. The molecule has 32 heavy (non-hydrogen) atoms. The summed E-state index contributed by atoms with van der Waals surface area (Å²) in [5.74, 6) is -0.354. The van der Waals surface area contributed by atoms with Gasteiger partial charge in [0, 0.05) is 46.5 Å². The summed E-state index contributed by atoms with van der Waals surface area (Å²) < 4.78 is 44.3. The summed E-state index contributed by atoms with van der Waals surface area (Å²) in [4.78, 5) is 8.59. The number of benzene rings is 2. The smallest absolute Gasteiger partial charge is 0.406 e. The first kappa shape index (κ1) is 22.4. The minimum absolute atomic E-state index is 0.241. The molecule has 0 aliphatic carbocycles. The van der Waals surface area contributed by atoms with Crippen LogP contribution in [0.4, 0.5) is 13.2 Å². The van der Waals surface area contributed by atoms with Crippen LogP contribution in [0.3, 0.4) is 0 Å². The zero-order valence-corrected chi connectivity index (χ0v) is 18.3. The maximum Gasteiger partial charge on any atom is 0.573 e. The number of rotatable bonds is 6. The second kappa shape index (κ2) is 9.01. The van der Waals surface area contributed by atoms with Gasteiger partial charge in [-0.1, -0.05) is 41.6 Å². The summed E-state index contributed by atoms with van der Waals surface area (Å²) in [6.07, 6.45) is 0.295. The molecule has 0 fully saturated rings.